The van der Waals surface area contributed by atoms with Crippen molar-refractivity contribution in [2.45, 2.75) is 13.0 Å². The normalized spacial score (nSPS) is 12.6. The summed E-state index contributed by atoms with van der Waals surface area (Å²) in [4.78, 5) is 0. The Morgan fingerprint density at radius 3 is 2.62 bits per heavy atom. The minimum atomic E-state index is 0.0217. The van der Waals surface area contributed by atoms with Crippen molar-refractivity contribution in [2.75, 3.05) is 5.32 Å². The van der Waals surface area contributed by atoms with E-state index in [0.29, 0.717) is 10.0 Å². The lowest BCUT2D eigenvalue weighted by Crippen LogP contribution is -2.05. The fraction of sp³-hybridized carbons (Fsp3) is 0.125. The summed E-state index contributed by atoms with van der Waals surface area (Å²) >= 11 is 15.4. The van der Waals surface area contributed by atoms with Crippen molar-refractivity contribution in [3.8, 4) is 0 Å². The van der Waals surface area contributed by atoms with E-state index in [1.807, 2.05) is 37.3 Å². The lowest BCUT2D eigenvalue weighted by Gasteiger charge is -2.13. The molecule has 0 aliphatic rings. The fourth-order valence-corrected chi connectivity index (χ4v) is 2.83. The molecule has 1 unspecified atom stereocenters. The molecule has 0 fully saturated rings. The molecule has 0 saturated heterocycles. The number of furan rings is 1. The molecule has 1 aromatic heterocycles. The molecule has 0 saturated carbocycles. The standard InChI is InChI=1S/C16H12BrCl2NO/c1-9(20-12-3-4-13(18)14(19)8-12)16-7-10-6-11(17)2-5-15(10)21-16/h2-9,20H,1H3. The maximum atomic E-state index is 6.02. The third kappa shape index (κ3) is 3.20. The van der Waals surface area contributed by atoms with Crippen molar-refractivity contribution >= 4 is 55.8 Å². The van der Waals surface area contributed by atoms with Crippen LogP contribution in [0.3, 0.4) is 0 Å². The van der Waals surface area contributed by atoms with E-state index in [4.69, 9.17) is 27.6 Å². The van der Waals surface area contributed by atoms with E-state index in [9.17, 15) is 0 Å². The molecule has 2 nitrogen and oxygen atoms in total. The highest BCUT2D eigenvalue weighted by Crippen LogP contribution is 2.30. The predicted octanol–water partition coefficient (Wildman–Crippen LogP) is 6.68. The summed E-state index contributed by atoms with van der Waals surface area (Å²) in [5, 5.41) is 5.50. The third-order valence-electron chi connectivity index (χ3n) is 3.23. The molecule has 1 atom stereocenters. The Balaban J connectivity index is 1.85. The highest BCUT2D eigenvalue weighted by atomic mass is 79.9. The Morgan fingerprint density at radius 1 is 1.05 bits per heavy atom. The summed E-state index contributed by atoms with van der Waals surface area (Å²) in [7, 11) is 0. The second kappa shape index (κ2) is 5.91. The van der Waals surface area contributed by atoms with Crippen molar-refractivity contribution < 1.29 is 4.42 Å². The molecular weight excluding hydrogens is 373 g/mol. The van der Waals surface area contributed by atoms with Gasteiger partial charge in [-0.05, 0) is 49.4 Å². The Morgan fingerprint density at radius 2 is 1.86 bits per heavy atom. The number of nitrogens with one attached hydrogen (secondary N) is 1. The summed E-state index contributed by atoms with van der Waals surface area (Å²) in [5.74, 6) is 0.870. The van der Waals surface area contributed by atoms with E-state index in [1.54, 1.807) is 12.1 Å². The lowest BCUT2D eigenvalue weighted by atomic mass is 10.2. The highest BCUT2D eigenvalue weighted by Gasteiger charge is 2.12. The average molecular weight is 385 g/mol. The van der Waals surface area contributed by atoms with Crippen LogP contribution in [0.25, 0.3) is 11.0 Å². The molecule has 5 heteroatoms. The quantitative estimate of drug-likeness (QED) is 0.545. The third-order valence-corrected chi connectivity index (χ3v) is 4.46. The van der Waals surface area contributed by atoms with E-state index in [2.05, 4.69) is 21.2 Å². The first-order chi connectivity index (χ1) is 10.0. The molecule has 0 radical (unpaired) electrons. The first kappa shape index (κ1) is 14.8. The predicted molar refractivity (Wildman–Crippen MR) is 92.4 cm³/mol. The lowest BCUT2D eigenvalue weighted by molar-refractivity contribution is 0.526. The van der Waals surface area contributed by atoms with Crippen LogP contribution < -0.4 is 5.32 Å². The van der Waals surface area contributed by atoms with Crippen molar-refractivity contribution in [3.63, 3.8) is 0 Å². The summed E-state index contributed by atoms with van der Waals surface area (Å²) in [6.07, 6.45) is 0. The number of rotatable bonds is 3. The second-order valence-electron chi connectivity index (χ2n) is 4.83. The van der Waals surface area contributed by atoms with E-state index in [1.165, 1.54) is 0 Å². The Hall–Kier alpha value is -1.16. The summed E-state index contributed by atoms with van der Waals surface area (Å²) in [6.45, 7) is 2.04. The average Bonchev–Trinajstić information content (AvgIpc) is 2.86. The Bertz CT molecular complexity index is 800. The van der Waals surface area contributed by atoms with Gasteiger partial charge in [0.1, 0.15) is 11.3 Å². The van der Waals surface area contributed by atoms with Gasteiger partial charge in [-0.3, -0.25) is 0 Å². The smallest absolute Gasteiger partial charge is 0.134 e. The van der Waals surface area contributed by atoms with E-state index in [0.717, 1.165) is 26.9 Å². The second-order valence-corrected chi connectivity index (χ2v) is 6.56. The van der Waals surface area contributed by atoms with Crippen LogP contribution in [0.1, 0.15) is 18.7 Å². The molecule has 0 spiro atoms. The maximum absolute atomic E-state index is 6.02. The molecule has 0 aliphatic heterocycles. The van der Waals surface area contributed by atoms with Crippen LogP contribution in [0.2, 0.25) is 10.0 Å². The van der Waals surface area contributed by atoms with Crippen LogP contribution in [-0.2, 0) is 0 Å². The highest BCUT2D eigenvalue weighted by molar-refractivity contribution is 9.10. The minimum Gasteiger partial charge on any atom is -0.459 e. The van der Waals surface area contributed by atoms with Crippen LogP contribution in [0.15, 0.2) is 51.4 Å². The van der Waals surface area contributed by atoms with Crippen LogP contribution in [0, 0.1) is 0 Å². The monoisotopic (exact) mass is 383 g/mol. The van der Waals surface area contributed by atoms with Gasteiger partial charge >= 0.3 is 0 Å². The van der Waals surface area contributed by atoms with Crippen LogP contribution in [-0.4, -0.2) is 0 Å². The zero-order chi connectivity index (χ0) is 15.0. The van der Waals surface area contributed by atoms with Crippen molar-refractivity contribution in [2.24, 2.45) is 0 Å². The molecule has 1 N–H and O–H groups in total. The van der Waals surface area contributed by atoms with Gasteiger partial charge in [0.2, 0.25) is 0 Å². The van der Waals surface area contributed by atoms with Crippen LogP contribution >= 0.6 is 39.1 Å². The van der Waals surface area contributed by atoms with Gasteiger partial charge in [0.15, 0.2) is 0 Å². The van der Waals surface area contributed by atoms with E-state index < -0.39 is 0 Å². The minimum absolute atomic E-state index is 0.0217. The number of fused-ring (bicyclic) bond motifs is 1. The number of hydrogen-bond donors (Lipinski definition) is 1. The van der Waals surface area contributed by atoms with Crippen molar-refractivity contribution in [1.82, 2.24) is 0 Å². The summed E-state index contributed by atoms with van der Waals surface area (Å²) in [5.41, 5.74) is 1.77. The Kier molecular flexibility index (Phi) is 4.16. The van der Waals surface area contributed by atoms with Crippen molar-refractivity contribution in [1.29, 1.82) is 0 Å². The maximum Gasteiger partial charge on any atom is 0.134 e. The summed E-state index contributed by atoms with van der Waals surface area (Å²) < 4.78 is 6.90. The molecule has 0 bridgehead atoms. The van der Waals surface area contributed by atoms with Gasteiger partial charge in [-0.1, -0.05) is 39.1 Å². The van der Waals surface area contributed by atoms with Gasteiger partial charge < -0.3 is 9.73 Å². The molecule has 1 heterocycles. The molecule has 3 aromatic rings. The SMILES string of the molecule is CC(Nc1ccc(Cl)c(Cl)c1)c1cc2cc(Br)ccc2o1. The fourth-order valence-electron chi connectivity index (χ4n) is 2.16. The number of halogens is 3. The topological polar surface area (TPSA) is 25.2 Å². The van der Waals surface area contributed by atoms with Crippen molar-refractivity contribution in [3.05, 3.63) is 62.7 Å². The molecule has 21 heavy (non-hydrogen) atoms. The zero-order valence-corrected chi connectivity index (χ0v) is 14.3. The van der Waals surface area contributed by atoms with Gasteiger partial charge in [0, 0.05) is 15.5 Å². The van der Waals surface area contributed by atoms with Gasteiger partial charge in [-0.2, -0.15) is 0 Å². The van der Waals surface area contributed by atoms with Gasteiger partial charge in [0.05, 0.1) is 16.1 Å². The van der Waals surface area contributed by atoms with Gasteiger partial charge in [0.25, 0.3) is 0 Å². The Labute approximate surface area is 141 Å². The zero-order valence-electron chi connectivity index (χ0n) is 11.2. The number of anilines is 1. The number of hydrogen-bond acceptors (Lipinski definition) is 2. The first-order valence-electron chi connectivity index (χ1n) is 6.43. The number of benzene rings is 2. The largest absolute Gasteiger partial charge is 0.459 e. The molecule has 3 rings (SSSR count). The van der Waals surface area contributed by atoms with E-state index >= 15 is 0 Å². The van der Waals surface area contributed by atoms with Gasteiger partial charge in [-0.25, -0.2) is 0 Å². The van der Waals surface area contributed by atoms with Crippen LogP contribution in [0.4, 0.5) is 5.69 Å². The summed E-state index contributed by atoms with van der Waals surface area (Å²) in [6, 6.07) is 13.5. The molecule has 108 valence electrons. The molecule has 0 amide bonds. The molecule has 2 aromatic carbocycles. The van der Waals surface area contributed by atoms with Gasteiger partial charge in [-0.15, -0.1) is 0 Å². The van der Waals surface area contributed by atoms with Crippen LogP contribution in [0.5, 0.6) is 0 Å². The first-order valence-corrected chi connectivity index (χ1v) is 7.98. The molecular formula is C16H12BrCl2NO. The van der Waals surface area contributed by atoms with E-state index in [-0.39, 0.29) is 6.04 Å². The molecule has 0 aliphatic carbocycles.